The zero-order chi connectivity index (χ0) is 23.5. The van der Waals surface area contributed by atoms with E-state index in [1.54, 1.807) is 0 Å². The first kappa shape index (κ1) is 24.0. The van der Waals surface area contributed by atoms with Crippen LogP contribution in [0.15, 0.2) is 47.4 Å². The first-order chi connectivity index (χ1) is 15.1. The van der Waals surface area contributed by atoms with Gasteiger partial charge in [-0.3, -0.25) is 10.0 Å². The van der Waals surface area contributed by atoms with Gasteiger partial charge in [-0.1, -0.05) is 12.1 Å². The summed E-state index contributed by atoms with van der Waals surface area (Å²) in [6.45, 7) is -0.560. The van der Waals surface area contributed by atoms with Crippen LogP contribution in [0.4, 0.5) is 13.2 Å². The van der Waals surface area contributed by atoms with E-state index >= 15 is 0 Å². The van der Waals surface area contributed by atoms with Crippen LogP contribution in [0.3, 0.4) is 0 Å². The van der Waals surface area contributed by atoms with E-state index in [-0.39, 0.29) is 42.8 Å². The van der Waals surface area contributed by atoms with E-state index in [0.717, 1.165) is 16.4 Å². The molecule has 12 heteroatoms. The second-order valence-corrected chi connectivity index (χ2v) is 9.01. The number of hydrogen-bond acceptors (Lipinski definition) is 6. The van der Waals surface area contributed by atoms with E-state index < -0.39 is 45.3 Å². The highest BCUT2D eigenvalue weighted by molar-refractivity contribution is 7.89. The molecule has 0 spiro atoms. The molecule has 0 unspecified atom stereocenters. The lowest BCUT2D eigenvalue weighted by atomic mass is 10.1. The number of ether oxygens (including phenoxy) is 1. The minimum absolute atomic E-state index is 0.00854. The first-order valence-corrected chi connectivity index (χ1v) is 11.0. The van der Waals surface area contributed by atoms with Crippen LogP contribution in [0.5, 0.6) is 5.75 Å². The Kier molecular flexibility index (Phi) is 7.08. The topological polar surface area (TPSA) is 116 Å². The lowest BCUT2D eigenvalue weighted by Gasteiger charge is -2.32. The number of amides is 1. The van der Waals surface area contributed by atoms with E-state index in [9.17, 15) is 31.5 Å². The highest BCUT2D eigenvalue weighted by Gasteiger charge is 2.35. The number of nitrogens with zero attached hydrogens (tertiary/aromatic N) is 1. The van der Waals surface area contributed by atoms with Gasteiger partial charge in [-0.15, -0.1) is 0 Å². The molecule has 2 aromatic rings. The Morgan fingerprint density at radius 2 is 1.75 bits per heavy atom. The zero-order valence-electron chi connectivity index (χ0n) is 16.7. The van der Waals surface area contributed by atoms with E-state index in [2.05, 4.69) is 0 Å². The molecule has 2 aromatic carbocycles. The molecule has 32 heavy (non-hydrogen) atoms. The van der Waals surface area contributed by atoms with Crippen molar-refractivity contribution < 1.29 is 41.4 Å². The lowest BCUT2D eigenvalue weighted by molar-refractivity contribution is -0.137. The summed E-state index contributed by atoms with van der Waals surface area (Å²) >= 11 is 0. The predicted octanol–water partition coefficient (Wildman–Crippen LogP) is 2.55. The number of aliphatic hydroxyl groups is 1. The summed E-state index contributed by atoms with van der Waals surface area (Å²) in [6, 6.07) is 8.22. The molecule has 0 aromatic heterocycles. The molecular weight excluding hydrogens is 453 g/mol. The highest BCUT2D eigenvalue weighted by Crippen LogP contribution is 2.32. The fourth-order valence-corrected chi connectivity index (χ4v) is 5.34. The van der Waals surface area contributed by atoms with Crippen molar-refractivity contribution in [3.63, 3.8) is 0 Å². The normalized spacial score (nSPS) is 16.0. The fraction of sp³-hybridized carbons (Fsp3) is 0.350. The standard InChI is InChI=1S/C20H21F3N2O6S/c21-20(22,23)14-4-6-15(7-5-14)31-16-8-10-25(11-9-16)32(29,30)18-13(12-26)2-1-3-17(18)19(27)24-28/h1-7,16,26,28H,8-12H2,(H,24,27). The van der Waals surface area contributed by atoms with Crippen molar-refractivity contribution in [1.29, 1.82) is 0 Å². The SMILES string of the molecule is O=C(NO)c1cccc(CO)c1S(=O)(=O)N1CCC(Oc2ccc(C(F)(F)F)cc2)CC1. The minimum Gasteiger partial charge on any atom is -0.490 e. The van der Waals surface area contributed by atoms with Crippen molar-refractivity contribution in [3.05, 3.63) is 59.2 Å². The molecule has 3 N–H and O–H groups in total. The Hall–Kier alpha value is -2.67. The van der Waals surface area contributed by atoms with Crippen LogP contribution in [0, 0.1) is 0 Å². The van der Waals surface area contributed by atoms with Crippen molar-refractivity contribution in [2.75, 3.05) is 13.1 Å². The van der Waals surface area contributed by atoms with Gasteiger partial charge in [-0.05, 0) is 48.7 Å². The third-order valence-corrected chi connectivity index (χ3v) is 7.14. The van der Waals surface area contributed by atoms with Crippen molar-refractivity contribution >= 4 is 15.9 Å². The summed E-state index contributed by atoms with van der Waals surface area (Å²) in [6.07, 6.45) is -4.33. The maximum absolute atomic E-state index is 13.2. The van der Waals surface area contributed by atoms with Gasteiger partial charge in [-0.2, -0.15) is 17.5 Å². The number of halogens is 3. The van der Waals surface area contributed by atoms with Crippen molar-refractivity contribution in [2.45, 2.75) is 36.6 Å². The molecule has 1 heterocycles. The molecule has 0 radical (unpaired) electrons. The number of sulfonamides is 1. The van der Waals surface area contributed by atoms with E-state index in [1.807, 2.05) is 0 Å². The number of rotatable bonds is 6. The number of carbonyl (C=O) groups excluding carboxylic acids is 1. The summed E-state index contributed by atoms with van der Waals surface area (Å²) in [5.41, 5.74) is 0.311. The Morgan fingerprint density at radius 3 is 2.28 bits per heavy atom. The smallest absolute Gasteiger partial charge is 0.416 e. The van der Waals surface area contributed by atoms with Gasteiger partial charge < -0.3 is 9.84 Å². The average Bonchev–Trinajstić information content (AvgIpc) is 2.78. The largest absolute Gasteiger partial charge is 0.490 e. The molecule has 3 rings (SSSR count). The van der Waals surface area contributed by atoms with Crippen LogP contribution in [0.1, 0.15) is 34.3 Å². The lowest BCUT2D eigenvalue weighted by Crippen LogP contribution is -2.42. The second-order valence-electron chi connectivity index (χ2n) is 7.14. The van der Waals surface area contributed by atoms with Gasteiger partial charge >= 0.3 is 6.18 Å². The third-order valence-electron chi connectivity index (χ3n) is 5.10. The van der Waals surface area contributed by atoms with Crippen LogP contribution < -0.4 is 10.2 Å². The van der Waals surface area contributed by atoms with Gasteiger partial charge in [0.15, 0.2) is 0 Å². The van der Waals surface area contributed by atoms with Gasteiger partial charge in [0.1, 0.15) is 16.7 Å². The quantitative estimate of drug-likeness (QED) is 0.438. The van der Waals surface area contributed by atoms with Crippen LogP contribution in [-0.4, -0.2) is 48.1 Å². The van der Waals surface area contributed by atoms with Gasteiger partial charge in [0, 0.05) is 13.1 Å². The number of hydrogen-bond donors (Lipinski definition) is 3. The summed E-state index contributed by atoms with van der Waals surface area (Å²) in [7, 11) is -4.19. The van der Waals surface area contributed by atoms with Crippen molar-refractivity contribution in [2.24, 2.45) is 0 Å². The van der Waals surface area contributed by atoms with Crippen LogP contribution in [0.2, 0.25) is 0 Å². The third kappa shape index (κ3) is 5.04. The number of alkyl halides is 3. The zero-order valence-corrected chi connectivity index (χ0v) is 17.5. The molecule has 0 aliphatic carbocycles. The Balaban J connectivity index is 1.73. The summed E-state index contributed by atoms with van der Waals surface area (Å²) in [5, 5.41) is 18.5. The molecule has 1 aliphatic rings. The molecule has 0 atom stereocenters. The number of aliphatic hydroxyl groups excluding tert-OH is 1. The monoisotopic (exact) mass is 474 g/mol. The van der Waals surface area contributed by atoms with E-state index in [0.29, 0.717) is 0 Å². The van der Waals surface area contributed by atoms with Crippen LogP contribution in [0.25, 0.3) is 0 Å². The van der Waals surface area contributed by atoms with Crippen LogP contribution >= 0.6 is 0 Å². The van der Waals surface area contributed by atoms with Crippen molar-refractivity contribution in [1.82, 2.24) is 9.79 Å². The minimum atomic E-state index is -4.45. The molecule has 0 saturated carbocycles. The number of nitrogens with one attached hydrogen (secondary N) is 1. The summed E-state index contributed by atoms with van der Waals surface area (Å²) < 4.78 is 71.3. The van der Waals surface area contributed by atoms with Crippen LogP contribution in [-0.2, 0) is 22.8 Å². The van der Waals surface area contributed by atoms with Gasteiger partial charge in [0.25, 0.3) is 5.91 Å². The first-order valence-electron chi connectivity index (χ1n) is 9.59. The molecule has 1 amide bonds. The molecule has 1 aliphatic heterocycles. The average molecular weight is 474 g/mol. The number of carbonyl (C=O) groups is 1. The Bertz CT molecular complexity index is 1070. The van der Waals surface area contributed by atoms with Crippen molar-refractivity contribution in [3.8, 4) is 5.75 Å². The Labute approximate surface area is 182 Å². The summed E-state index contributed by atoms with van der Waals surface area (Å²) in [4.78, 5) is 11.6. The highest BCUT2D eigenvalue weighted by atomic mass is 32.2. The second kappa shape index (κ2) is 9.45. The number of hydroxylamine groups is 1. The molecule has 1 saturated heterocycles. The van der Waals surface area contributed by atoms with Gasteiger partial charge in [0.05, 0.1) is 17.7 Å². The predicted molar refractivity (Wildman–Crippen MR) is 105 cm³/mol. The van der Waals surface area contributed by atoms with Gasteiger partial charge in [0.2, 0.25) is 10.0 Å². The van der Waals surface area contributed by atoms with Gasteiger partial charge in [-0.25, -0.2) is 13.9 Å². The summed E-state index contributed by atoms with van der Waals surface area (Å²) in [5.74, 6) is -0.786. The molecule has 174 valence electrons. The molecule has 0 bridgehead atoms. The molecule has 1 fully saturated rings. The molecule has 8 nitrogen and oxygen atoms in total. The van der Waals surface area contributed by atoms with E-state index in [1.165, 1.54) is 35.8 Å². The maximum Gasteiger partial charge on any atom is 0.416 e. The molecular formula is C20H21F3N2O6S. The van der Waals surface area contributed by atoms with E-state index in [4.69, 9.17) is 9.94 Å². The number of benzene rings is 2. The number of piperidine rings is 1. The Morgan fingerprint density at radius 1 is 1.12 bits per heavy atom. The maximum atomic E-state index is 13.2. The fourth-order valence-electron chi connectivity index (χ4n) is 3.49.